The monoisotopic (exact) mass is 334 g/mol. The predicted octanol–water partition coefficient (Wildman–Crippen LogP) is 7.77. The normalized spacial score (nSPS) is 20.6. The Hall–Kier alpha value is -1.56. The second-order valence-electron chi connectivity index (χ2n) is 7.85. The van der Waals surface area contributed by atoms with Crippen molar-refractivity contribution < 1.29 is 0 Å². The van der Waals surface area contributed by atoms with Gasteiger partial charge in [0.15, 0.2) is 0 Å². The summed E-state index contributed by atoms with van der Waals surface area (Å²) in [5.74, 6) is 1.79. The zero-order chi connectivity index (χ0) is 17.5. The Morgan fingerprint density at radius 2 is 1.60 bits per heavy atom. The van der Waals surface area contributed by atoms with E-state index in [-0.39, 0.29) is 0 Å². The quantitative estimate of drug-likeness (QED) is 0.454. The molecular formula is C25H34. The van der Waals surface area contributed by atoms with E-state index in [0.29, 0.717) is 0 Å². The van der Waals surface area contributed by atoms with Crippen LogP contribution in [0.15, 0.2) is 48.5 Å². The van der Waals surface area contributed by atoms with Gasteiger partial charge in [-0.2, -0.15) is 0 Å². The van der Waals surface area contributed by atoms with Gasteiger partial charge >= 0.3 is 0 Å². The van der Waals surface area contributed by atoms with Gasteiger partial charge in [0.2, 0.25) is 0 Å². The summed E-state index contributed by atoms with van der Waals surface area (Å²) in [5.41, 5.74) is 5.86. The molecule has 0 amide bonds. The first-order valence-corrected chi connectivity index (χ1v) is 10.5. The minimum absolute atomic E-state index is 0.789. The summed E-state index contributed by atoms with van der Waals surface area (Å²) in [6, 6.07) is 18.1. The lowest BCUT2D eigenvalue weighted by Gasteiger charge is -2.29. The topological polar surface area (TPSA) is 0 Å². The lowest BCUT2D eigenvalue weighted by atomic mass is 9.76. The second kappa shape index (κ2) is 9.22. The van der Waals surface area contributed by atoms with Crippen LogP contribution >= 0.6 is 0 Å². The first-order chi connectivity index (χ1) is 12.3. The molecule has 2 aromatic carbocycles. The largest absolute Gasteiger partial charge is 0.0654 e. The molecule has 0 spiro atoms. The first-order valence-electron chi connectivity index (χ1n) is 10.5. The van der Waals surface area contributed by atoms with Gasteiger partial charge in [0, 0.05) is 0 Å². The van der Waals surface area contributed by atoms with Crippen LogP contribution < -0.4 is 0 Å². The maximum atomic E-state index is 2.50. The minimum atomic E-state index is 0.789. The predicted molar refractivity (Wildman–Crippen MR) is 110 cm³/mol. The molecule has 1 aliphatic carbocycles. The average Bonchev–Trinajstić information content (AvgIpc) is 2.69. The Bertz CT molecular complexity index is 632. The number of hydrogen-bond acceptors (Lipinski definition) is 0. The van der Waals surface area contributed by atoms with Gasteiger partial charge in [-0.1, -0.05) is 88.1 Å². The summed E-state index contributed by atoms with van der Waals surface area (Å²) in [6.45, 7) is 4.59. The Balaban J connectivity index is 1.66. The third-order valence-corrected chi connectivity index (χ3v) is 6.13. The summed E-state index contributed by atoms with van der Waals surface area (Å²) in [6.07, 6.45) is 12.5. The van der Waals surface area contributed by atoms with Crippen molar-refractivity contribution in [1.29, 1.82) is 0 Å². The van der Waals surface area contributed by atoms with Gasteiger partial charge in [0.1, 0.15) is 0 Å². The van der Waals surface area contributed by atoms with Crippen LogP contribution in [0.25, 0.3) is 11.1 Å². The van der Waals surface area contributed by atoms with E-state index < -0.39 is 0 Å². The number of hydrogen-bond donors (Lipinski definition) is 0. The van der Waals surface area contributed by atoms with Crippen molar-refractivity contribution in [3.63, 3.8) is 0 Å². The Morgan fingerprint density at radius 3 is 2.28 bits per heavy atom. The van der Waals surface area contributed by atoms with Crippen LogP contribution in [0.5, 0.6) is 0 Å². The molecule has 0 radical (unpaired) electrons. The average molecular weight is 335 g/mol. The van der Waals surface area contributed by atoms with Gasteiger partial charge in [0.25, 0.3) is 0 Å². The van der Waals surface area contributed by atoms with Crippen LogP contribution in [0, 0.1) is 5.92 Å². The molecule has 134 valence electrons. The molecule has 0 aromatic heterocycles. The van der Waals surface area contributed by atoms with Crippen LogP contribution in [0.3, 0.4) is 0 Å². The van der Waals surface area contributed by atoms with E-state index in [1.54, 1.807) is 5.56 Å². The fraction of sp³-hybridized carbons (Fsp3) is 0.520. The highest BCUT2D eigenvalue weighted by atomic mass is 14.3. The van der Waals surface area contributed by atoms with E-state index in [9.17, 15) is 0 Å². The molecule has 0 saturated heterocycles. The summed E-state index contributed by atoms with van der Waals surface area (Å²) >= 11 is 0. The summed E-state index contributed by atoms with van der Waals surface area (Å²) < 4.78 is 0. The lowest BCUT2D eigenvalue weighted by molar-refractivity contribution is 0.302. The van der Waals surface area contributed by atoms with Crippen LogP contribution in [0.2, 0.25) is 0 Å². The fourth-order valence-corrected chi connectivity index (χ4v) is 4.53. The van der Waals surface area contributed by atoms with E-state index in [1.807, 2.05) is 0 Å². The number of benzene rings is 2. The Morgan fingerprint density at radius 1 is 0.840 bits per heavy atom. The van der Waals surface area contributed by atoms with Crippen molar-refractivity contribution in [3.05, 3.63) is 59.7 Å². The molecule has 0 heteroatoms. The zero-order valence-electron chi connectivity index (χ0n) is 16.1. The van der Waals surface area contributed by atoms with Crippen LogP contribution in [-0.4, -0.2) is 0 Å². The van der Waals surface area contributed by atoms with Crippen LogP contribution in [-0.2, 0) is 6.42 Å². The highest BCUT2D eigenvalue weighted by molar-refractivity contribution is 5.68. The van der Waals surface area contributed by atoms with E-state index in [4.69, 9.17) is 0 Å². The number of aryl methyl sites for hydroxylation is 1. The molecule has 2 aromatic rings. The smallest absolute Gasteiger partial charge is 0.0152 e. The molecule has 1 saturated carbocycles. The Labute approximate surface area is 154 Å². The molecule has 0 N–H and O–H groups in total. The van der Waals surface area contributed by atoms with Crippen LogP contribution in [0.1, 0.15) is 82.3 Å². The molecule has 0 bridgehead atoms. The molecule has 1 aliphatic rings. The van der Waals surface area contributed by atoms with E-state index in [0.717, 1.165) is 18.3 Å². The summed E-state index contributed by atoms with van der Waals surface area (Å²) in [4.78, 5) is 0. The molecule has 3 rings (SSSR count). The van der Waals surface area contributed by atoms with Crippen molar-refractivity contribution in [2.24, 2.45) is 5.92 Å². The molecule has 25 heavy (non-hydrogen) atoms. The van der Waals surface area contributed by atoms with Gasteiger partial charge in [-0.15, -0.1) is 0 Å². The van der Waals surface area contributed by atoms with Gasteiger partial charge in [-0.05, 0) is 66.2 Å². The van der Waals surface area contributed by atoms with Gasteiger partial charge in [0.05, 0.1) is 0 Å². The number of unbranched alkanes of at least 4 members (excludes halogenated alkanes) is 2. The standard InChI is InChI=1S/C25H34/c1-3-5-7-10-20-13-15-22(16-14-20)24-17-18-25(21(4-2)19-24)23-11-8-6-9-12-23/h6,8-9,11-12,17-20,22H,3-5,7,10,13-16H2,1-2H3/t20-,22-. The maximum absolute atomic E-state index is 2.50. The SMILES string of the molecule is CCCCC[C@H]1CC[C@H](c2ccc(-c3ccccc3)c(CC)c2)CC1. The molecule has 0 unspecified atom stereocenters. The van der Waals surface area contributed by atoms with E-state index in [1.165, 1.54) is 68.1 Å². The van der Waals surface area contributed by atoms with Gasteiger partial charge in [-0.3, -0.25) is 0 Å². The second-order valence-corrected chi connectivity index (χ2v) is 7.85. The Kier molecular flexibility index (Phi) is 6.73. The number of rotatable bonds is 7. The van der Waals surface area contributed by atoms with E-state index in [2.05, 4.69) is 62.4 Å². The highest BCUT2D eigenvalue weighted by Gasteiger charge is 2.22. The minimum Gasteiger partial charge on any atom is -0.0654 e. The summed E-state index contributed by atoms with van der Waals surface area (Å²) in [7, 11) is 0. The van der Waals surface area contributed by atoms with Crippen molar-refractivity contribution in [2.45, 2.75) is 77.6 Å². The van der Waals surface area contributed by atoms with Crippen molar-refractivity contribution >= 4 is 0 Å². The molecule has 0 atom stereocenters. The molecular weight excluding hydrogens is 300 g/mol. The molecule has 1 fully saturated rings. The lowest BCUT2D eigenvalue weighted by Crippen LogP contribution is -2.13. The van der Waals surface area contributed by atoms with Crippen molar-refractivity contribution in [2.75, 3.05) is 0 Å². The third-order valence-electron chi connectivity index (χ3n) is 6.13. The van der Waals surface area contributed by atoms with Crippen LogP contribution in [0.4, 0.5) is 0 Å². The van der Waals surface area contributed by atoms with Gasteiger partial charge in [-0.25, -0.2) is 0 Å². The third kappa shape index (κ3) is 4.75. The van der Waals surface area contributed by atoms with E-state index >= 15 is 0 Å². The van der Waals surface area contributed by atoms with Gasteiger partial charge < -0.3 is 0 Å². The fourth-order valence-electron chi connectivity index (χ4n) is 4.53. The first kappa shape index (κ1) is 18.2. The summed E-state index contributed by atoms with van der Waals surface area (Å²) in [5, 5.41) is 0. The van der Waals surface area contributed by atoms with Crippen molar-refractivity contribution in [1.82, 2.24) is 0 Å². The molecule has 0 heterocycles. The maximum Gasteiger partial charge on any atom is -0.0152 e. The molecule has 0 nitrogen and oxygen atoms in total. The molecule has 0 aliphatic heterocycles. The van der Waals surface area contributed by atoms with Crippen molar-refractivity contribution in [3.8, 4) is 11.1 Å². The highest BCUT2D eigenvalue weighted by Crippen LogP contribution is 2.39. The zero-order valence-corrected chi connectivity index (χ0v) is 16.1.